The Balaban J connectivity index is 2.42. The van der Waals surface area contributed by atoms with E-state index in [2.05, 4.69) is 5.32 Å². The van der Waals surface area contributed by atoms with E-state index in [1.807, 2.05) is 0 Å². The summed E-state index contributed by atoms with van der Waals surface area (Å²) in [6.45, 7) is 1.24. The Morgan fingerprint density at radius 3 is 2.60 bits per heavy atom. The molecule has 1 unspecified atom stereocenters. The second-order valence-electron chi connectivity index (χ2n) is 4.18. The van der Waals surface area contributed by atoms with Crippen molar-refractivity contribution < 1.29 is 13.5 Å². The van der Waals surface area contributed by atoms with Crippen LogP contribution in [0, 0.1) is 0 Å². The number of hydrogen-bond acceptors (Lipinski definition) is 5. The van der Waals surface area contributed by atoms with E-state index in [1.165, 1.54) is 0 Å². The normalized spacial score (nSPS) is 29.5. The molecule has 5 nitrogen and oxygen atoms in total. The Labute approximate surface area is 91.0 Å². The molecule has 1 rings (SSSR count). The van der Waals surface area contributed by atoms with Gasteiger partial charge in [-0.05, 0) is 25.8 Å². The number of aliphatic hydroxyl groups is 1. The summed E-state index contributed by atoms with van der Waals surface area (Å²) in [6, 6.07) is 0. The summed E-state index contributed by atoms with van der Waals surface area (Å²) in [7, 11) is -2.90. The van der Waals surface area contributed by atoms with Crippen LogP contribution in [0.2, 0.25) is 0 Å². The van der Waals surface area contributed by atoms with Crippen LogP contribution in [-0.4, -0.2) is 50.3 Å². The first-order chi connectivity index (χ1) is 7.04. The van der Waals surface area contributed by atoms with Gasteiger partial charge < -0.3 is 16.2 Å². The molecule has 1 aliphatic heterocycles. The van der Waals surface area contributed by atoms with Gasteiger partial charge in [0.2, 0.25) is 0 Å². The lowest BCUT2D eigenvalue weighted by atomic mass is 9.99. The molecule has 1 atom stereocenters. The van der Waals surface area contributed by atoms with Gasteiger partial charge in [0.15, 0.2) is 9.84 Å². The fourth-order valence-corrected chi connectivity index (χ4v) is 3.93. The number of aliphatic hydroxyl groups excluding tert-OH is 1. The Kier molecular flexibility index (Phi) is 4.51. The average Bonchev–Trinajstić information content (AvgIpc) is 2.50. The molecular weight excluding hydrogens is 216 g/mol. The van der Waals surface area contributed by atoms with Gasteiger partial charge in [0, 0.05) is 18.7 Å². The molecule has 1 heterocycles. The molecule has 0 aromatic heterocycles. The average molecular weight is 236 g/mol. The molecule has 6 heteroatoms. The van der Waals surface area contributed by atoms with Gasteiger partial charge in [-0.1, -0.05) is 0 Å². The smallest absolute Gasteiger partial charge is 0.152 e. The van der Waals surface area contributed by atoms with Gasteiger partial charge in [-0.2, -0.15) is 0 Å². The number of hydrogen-bond donors (Lipinski definition) is 3. The van der Waals surface area contributed by atoms with E-state index < -0.39 is 15.4 Å². The molecule has 15 heavy (non-hydrogen) atoms. The maximum atomic E-state index is 11.4. The van der Waals surface area contributed by atoms with Crippen LogP contribution in [0.3, 0.4) is 0 Å². The molecule has 1 saturated heterocycles. The SMILES string of the molecule is NCC1(NCCCCO)CCS(=O)(=O)C1. The predicted octanol–water partition coefficient (Wildman–Crippen LogP) is -1.14. The molecule has 0 bridgehead atoms. The second-order valence-corrected chi connectivity index (χ2v) is 6.37. The van der Waals surface area contributed by atoms with Gasteiger partial charge in [0.1, 0.15) is 0 Å². The van der Waals surface area contributed by atoms with Crippen LogP contribution in [0.5, 0.6) is 0 Å². The quantitative estimate of drug-likeness (QED) is 0.507. The van der Waals surface area contributed by atoms with E-state index in [4.69, 9.17) is 10.8 Å². The Bertz CT molecular complexity index is 292. The van der Waals surface area contributed by atoms with Crippen molar-refractivity contribution in [1.29, 1.82) is 0 Å². The number of unbranched alkanes of at least 4 members (excludes halogenated alkanes) is 1. The summed E-state index contributed by atoms with van der Waals surface area (Å²) in [5.74, 6) is 0.382. The molecule has 0 saturated carbocycles. The van der Waals surface area contributed by atoms with Gasteiger partial charge in [0.25, 0.3) is 0 Å². The molecule has 1 aliphatic rings. The Morgan fingerprint density at radius 2 is 2.13 bits per heavy atom. The second kappa shape index (κ2) is 5.25. The van der Waals surface area contributed by atoms with E-state index >= 15 is 0 Å². The highest BCUT2D eigenvalue weighted by Gasteiger charge is 2.40. The van der Waals surface area contributed by atoms with Gasteiger partial charge >= 0.3 is 0 Å². The van der Waals surface area contributed by atoms with Crippen molar-refractivity contribution in [2.75, 3.05) is 31.2 Å². The topological polar surface area (TPSA) is 92.4 Å². The standard InChI is InChI=1S/C9H20N2O3S/c10-7-9(11-4-1-2-5-12)3-6-15(13,14)8-9/h11-12H,1-8,10H2. The summed E-state index contributed by atoms with van der Waals surface area (Å²) in [5.41, 5.74) is 5.21. The lowest BCUT2D eigenvalue weighted by Crippen LogP contribution is -2.52. The lowest BCUT2D eigenvalue weighted by Gasteiger charge is -2.27. The van der Waals surface area contributed by atoms with Crippen molar-refractivity contribution in [3.05, 3.63) is 0 Å². The van der Waals surface area contributed by atoms with Crippen molar-refractivity contribution in [2.24, 2.45) is 5.73 Å². The number of sulfone groups is 1. The van der Waals surface area contributed by atoms with Crippen LogP contribution in [0.4, 0.5) is 0 Å². The third-order valence-corrected chi connectivity index (χ3v) is 4.68. The zero-order chi connectivity index (χ0) is 11.4. The van der Waals surface area contributed by atoms with E-state index in [0.29, 0.717) is 19.5 Å². The highest BCUT2D eigenvalue weighted by Crippen LogP contribution is 2.22. The number of rotatable bonds is 6. The lowest BCUT2D eigenvalue weighted by molar-refractivity contribution is 0.278. The van der Waals surface area contributed by atoms with Gasteiger partial charge in [0.05, 0.1) is 11.5 Å². The first-order valence-corrected chi connectivity index (χ1v) is 7.12. The van der Waals surface area contributed by atoms with Gasteiger partial charge in [-0.25, -0.2) is 8.42 Å². The molecular formula is C9H20N2O3S. The first-order valence-electron chi connectivity index (χ1n) is 5.30. The van der Waals surface area contributed by atoms with Crippen LogP contribution < -0.4 is 11.1 Å². The van der Waals surface area contributed by atoms with Crippen molar-refractivity contribution in [3.63, 3.8) is 0 Å². The van der Waals surface area contributed by atoms with Crippen LogP contribution in [0.25, 0.3) is 0 Å². The summed E-state index contributed by atoms with van der Waals surface area (Å²) in [4.78, 5) is 0. The highest BCUT2D eigenvalue weighted by atomic mass is 32.2. The van der Waals surface area contributed by atoms with Crippen molar-refractivity contribution >= 4 is 9.84 Å². The monoisotopic (exact) mass is 236 g/mol. The van der Waals surface area contributed by atoms with E-state index in [0.717, 1.165) is 12.8 Å². The summed E-state index contributed by atoms with van der Waals surface area (Å²) < 4.78 is 22.7. The van der Waals surface area contributed by atoms with Crippen molar-refractivity contribution in [2.45, 2.75) is 24.8 Å². The molecule has 0 spiro atoms. The van der Waals surface area contributed by atoms with Gasteiger partial charge in [-0.3, -0.25) is 0 Å². The van der Waals surface area contributed by atoms with Crippen LogP contribution in [-0.2, 0) is 9.84 Å². The third-order valence-electron chi connectivity index (χ3n) is 2.86. The zero-order valence-corrected chi connectivity index (χ0v) is 9.72. The fraction of sp³-hybridized carbons (Fsp3) is 1.00. The van der Waals surface area contributed by atoms with Crippen molar-refractivity contribution in [1.82, 2.24) is 5.32 Å². The molecule has 0 radical (unpaired) electrons. The number of nitrogens with two attached hydrogens (primary N) is 1. The van der Waals surface area contributed by atoms with Gasteiger partial charge in [-0.15, -0.1) is 0 Å². The zero-order valence-electron chi connectivity index (χ0n) is 8.91. The van der Waals surface area contributed by atoms with Crippen LogP contribution in [0.15, 0.2) is 0 Å². The van der Waals surface area contributed by atoms with E-state index in [1.54, 1.807) is 0 Å². The highest BCUT2D eigenvalue weighted by molar-refractivity contribution is 7.91. The maximum absolute atomic E-state index is 11.4. The minimum atomic E-state index is -2.90. The Hall–Kier alpha value is -0.170. The summed E-state index contributed by atoms with van der Waals surface area (Å²) >= 11 is 0. The molecule has 1 fully saturated rings. The van der Waals surface area contributed by atoms with E-state index in [9.17, 15) is 8.42 Å². The fourth-order valence-electron chi connectivity index (χ4n) is 1.88. The summed E-state index contributed by atoms with van der Waals surface area (Å²) in [5, 5.41) is 11.8. The Morgan fingerprint density at radius 1 is 1.40 bits per heavy atom. The maximum Gasteiger partial charge on any atom is 0.152 e. The summed E-state index contributed by atoms with van der Waals surface area (Å²) in [6.07, 6.45) is 2.18. The predicted molar refractivity (Wildman–Crippen MR) is 59.4 cm³/mol. The molecule has 0 amide bonds. The molecule has 90 valence electrons. The first kappa shape index (κ1) is 12.9. The molecule has 4 N–H and O–H groups in total. The number of nitrogens with one attached hydrogen (secondary N) is 1. The molecule has 0 aliphatic carbocycles. The molecule has 0 aromatic rings. The minimum absolute atomic E-state index is 0.148. The minimum Gasteiger partial charge on any atom is -0.396 e. The van der Waals surface area contributed by atoms with Crippen molar-refractivity contribution in [3.8, 4) is 0 Å². The van der Waals surface area contributed by atoms with E-state index in [-0.39, 0.29) is 18.1 Å². The third kappa shape index (κ3) is 3.71. The van der Waals surface area contributed by atoms with Crippen LogP contribution in [0.1, 0.15) is 19.3 Å². The largest absolute Gasteiger partial charge is 0.396 e. The van der Waals surface area contributed by atoms with Crippen LogP contribution >= 0.6 is 0 Å². The molecule has 0 aromatic carbocycles.